The van der Waals surface area contributed by atoms with Crippen molar-refractivity contribution in [2.45, 2.75) is 12.8 Å². The summed E-state index contributed by atoms with van der Waals surface area (Å²) in [7, 11) is 0. The van der Waals surface area contributed by atoms with E-state index in [1.807, 2.05) is 6.08 Å². The first-order valence-corrected chi connectivity index (χ1v) is 7.28. The molecule has 1 aliphatic rings. The van der Waals surface area contributed by atoms with Gasteiger partial charge in [-0.25, -0.2) is 9.59 Å². The average molecular weight is 300 g/mol. The van der Waals surface area contributed by atoms with Crippen LogP contribution in [0.5, 0.6) is 0 Å². The number of piperidine rings is 1. The number of allylic oxidation sites excluding steroid dienone is 1. The number of carboxylic acids is 1. The maximum Gasteiger partial charge on any atom is 0.328 e. The van der Waals surface area contributed by atoms with Gasteiger partial charge in [-0.2, -0.15) is 0 Å². The molecule has 0 aliphatic carbocycles. The Morgan fingerprint density at radius 2 is 1.86 bits per heavy atom. The number of benzene rings is 1. The first-order chi connectivity index (χ1) is 10.6. The molecule has 22 heavy (non-hydrogen) atoms. The number of carboxylic acid groups (broad SMARTS) is 1. The number of aliphatic carboxylic acids is 1. The van der Waals surface area contributed by atoms with Crippen molar-refractivity contribution in [2.75, 3.05) is 18.4 Å². The molecule has 1 heterocycles. The summed E-state index contributed by atoms with van der Waals surface area (Å²) < 4.78 is 0. The maximum absolute atomic E-state index is 12.2. The van der Waals surface area contributed by atoms with Crippen molar-refractivity contribution in [3.63, 3.8) is 0 Å². The van der Waals surface area contributed by atoms with E-state index in [-0.39, 0.29) is 6.03 Å². The molecule has 0 bridgehead atoms. The number of hydrogen-bond donors (Lipinski definition) is 2. The third-order valence-electron chi connectivity index (χ3n) is 3.74. The molecule has 0 spiro atoms. The molecule has 1 aliphatic heterocycles. The first kappa shape index (κ1) is 15.8. The zero-order valence-electron chi connectivity index (χ0n) is 12.4. The lowest BCUT2D eigenvalue weighted by molar-refractivity contribution is -0.131. The van der Waals surface area contributed by atoms with Crippen molar-refractivity contribution in [1.82, 2.24) is 4.90 Å². The van der Waals surface area contributed by atoms with E-state index >= 15 is 0 Å². The van der Waals surface area contributed by atoms with E-state index in [2.05, 4.69) is 11.9 Å². The molecule has 0 aromatic heterocycles. The Labute approximate surface area is 129 Å². The van der Waals surface area contributed by atoms with E-state index in [0.717, 1.165) is 37.6 Å². The highest BCUT2D eigenvalue weighted by Gasteiger charge is 2.20. The SMILES string of the molecule is C=CC1CCN(C(=O)Nc2ccc(/C=C/C(=O)O)cc2)CC1. The number of likely N-dealkylation sites (tertiary alicyclic amines) is 1. The van der Waals surface area contributed by atoms with Crippen molar-refractivity contribution in [3.8, 4) is 0 Å². The van der Waals surface area contributed by atoms with Crippen molar-refractivity contribution < 1.29 is 14.7 Å². The topological polar surface area (TPSA) is 69.6 Å². The molecule has 2 rings (SSSR count). The Morgan fingerprint density at radius 3 is 2.41 bits per heavy atom. The lowest BCUT2D eigenvalue weighted by atomic mass is 9.97. The third-order valence-corrected chi connectivity index (χ3v) is 3.74. The molecule has 1 aromatic rings. The van der Waals surface area contributed by atoms with Crippen molar-refractivity contribution in [1.29, 1.82) is 0 Å². The number of rotatable bonds is 4. The fourth-order valence-corrected chi connectivity index (χ4v) is 2.39. The van der Waals surface area contributed by atoms with Gasteiger partial charge in [0, 0.05) is 24.9 Å². The van der Waals surface area contributed by atoms with Gasteiger partial charge < -0.3 is 15.3 Å². The van der Waals surface area contributed by atoms with Gasteiger partial charge in [0.1, 0.15) is 0 Å². The van der Waals surface area contributed by atoms with Gasteiger partial charge in [0.05, 0.1) is 0 Å². The van der Waals surface area contributed by atoms with Gasteiger partial charge in [-0.05, 0) is 42.5 Å². The summed E-state index contributed by atoms with van der Waals surface area (Å²) in [5, 5.41) is 11.4. The lowest BCUT2D eigenvalue weighted by Crippen LogP contribution is -2.40. The van der Waals surface area contributed by atoms with Crippen LogP contribution in [0.3, 0.4) is 0 Å². The van der Waals surface area contributed by atoms with E-state index < -0.39 is 5.97 Å². The number of hydrogen-bond acceptors (Lipinski definition) is 2. The fraction of sp³-hybridized carbons (Fsp3) is 0.294. The molecule has 0 unspecified atom stereocenters. The maximum atomic E-state index is 12.2. The van der Waals surface area contributed by atoms with Crippen LogP contribution in [-0.4, -0.2) is 35.1 Å². The standard InChI is InChI=1S/C17H20N2O3/c1-2-13-9-11-19(12-10-13)17(22)18-15-6-3-14(4-7-15)5-8-16(20)21/h2-8,13H,1,9-12H2,(H,18,22)(H,20,21)/b8-5+. The Morgan fingerprint density at radius 1 is 1.23 bits per heavy atom. The summed E-state index contributed by atoms with van der Waals surface area (Å²) in [5.41, 5.74) is 1.47. The van der Waals surface area contributed by atoms with E-state index in [9.17, 15) is 9.59 Å². The Kier molecular flexibility index (Phi) is 5.36. The molecule has 116 valence electrons. The number of nitrogens with one attached hydrogen (secondary N) is 1. The Bertz CT molecular complexity index is 570. The van der Waals surface area contributed by atoms with Crippen LogP contribution in [0.2, 0.25) is 0 Å². The van der Waals surface area contributed by atoms with E-state index in [0.29, 0.717) is 11.6 Å². The minimum Gasteiger partial charge on any atom is -0.478 e. The number of carbonyl (C=O) groups excluding carboxylic acids is 1. The van der Waals surface area contributed by atoms with Crippen LogP contribution in [0, 0.1) is 5.92 Å². The summed E-state index contributed by atoms with van der Waals surface area (Å²) >= 11 is 0. The summed E-state index contributed by atoms with van der Waals surface area (Å²) in [6.07, 6.45) is 6.45. The summed E-state index contributed by atoms with van der Waals surface area (Å²) in [4.78, 5) is 24.4. The van der Waals surface area contributed by atoms with Gasteiger partial charge >= 0.3 is 12.0 Å². The molecule has 0 saturated carbocycles. The van der Waals surface area contributed by atoms with Crippen LogP contribution in [0.1, 0.15) is 18.4 Å². The monoisotopic (exact) mass is 300 g/mol. The molecular formula is C17H20N2O3. The predicted molar refractivity (Wildman–Crippen MR) is 86.6 cm³/mol. The van der Waals surface area contributed by atoms with E-state index in [1.54, 1.807) is 29.2 Å². The molecule has 2 amide bonds. The van der Waals surface area contributed by atoms with Gasteiger partial charge in [-0.15, -0.1) is 6.58 Å². The molecule has 1 saturated heterocycles. The van der Waals surface area contributed by atoms with Crippen LogP contribution in [0.15, 0.2) is 43.0 Å². The molecule has 0 radical (unpaired) electrons. The quantitative estimate of drug-likeness (QED) is 0.662. The highest BCUT2D eigenvalue weighted by molar-refractivity contribution is 5.89. The zero-order chi connectivity index (χ0) is 15.9. The van der Waals surface area contributed by atoms with Crippen LogP contribution >= 0.6 is 0 Å². The minimum absolute atomic E-state index is 0.101. The van der Waals surface area contributed by atoms with E-state index in [4.69, 9.17) is 5.11 Å². The number of carbonyl (C=O) groups is 2. The van der Waals surface area contributed by atoms with Crippen LogP contribution in [0.25, 0.3) is 6.08 Å². The molecule has 1 aromatic carbocycles. The first-order valence-electron chi connectivity index (χ1n) is 7.28. The smallest absolute Gasteiger partial charge is 0.328 e. The van der Waals surface area contributed by atoms with Gasteiger partial charge in [0.2, 0.25) is 0 Å². The van der Waals surface area contributed by atoms with Gasteiger partial charge in [0.25, 0.3) is 0 Å². The normalized spacial score (nSPS) is 15.7. The Balaban J connectivity index is 1.89. The highest BCUT2D eigenvalue weighted by Crippen LogP contribution is 2.19. The van der Waals surface area contributed by atoms with E-state index in [1.165, 1.54) is 6.08 Å². The number of amides is 2. The molecule has 5 heteroatoms. The second kappa shape index (κ2) is 7.45. The van der Waals surface area contributed by atoms with Crippen molar-refractivity contribution >= 4 is 23.8 Å². The van der Waals surface area contributed by atoms with Crippen molar-refractivity contribution in [2.24, 2.45) is 5.92 Å². The summed E-state index contributed by atoms with van der Waals surface area (Å²) in [5.74, 6) is -0.482. The molecule has 5 nitrogen and oxygen atoms in total. The Hall–Kier alpha value is -2.56. The van der Waals surface area contributed by atoms with Crippen LogP contribution < -0.4 is 5.32 Å². The summed E-state index contributed by atoms with van der Waals surface area (Å²) in [6, 6.07) is 6.94. The predicted octanol–water partition coefficient (Wildman–Crippen LogP) is 3.21. The zero-order valence-corrected chi connectivity index (χ0v) is 12.4. The fourth-order valence-electron chi connectivity index (χ4n) is 2.39. The number of urea groups is 1. The largest absolute Gasteiger partial charge is 0.478 e. The molecule has 1 fully saturated rings. The van der Waals surface area contributed by atoms with Crippen LogP contribution in [0.4, 0.5) is 10.5 Å². The summed E-state index contributed by atoms with van der Waals surface area (Å²) in [6.45, 7) is 5.27. The molecular weight excluding hydrogens is 280 g/mol. The molecule has 2 N–H and O–H groups in total. The second-order valence-electron chi connectivity index (χ2n) is 5.28. The van der Waals surface area contributed by atoms with Gasteiger partial charge in [-0.1, -0.05) is 18.2 Å². The van der Waals surface area contributed by atoms with Crippen molar-refractivity contribution in [3.05, 3.63) is 48.6 Å². The lowest BCUT2D eigenvalue weighted by Gasteiger charge is -2.30. The number of anilines is 1. The van der Waals surface area contributed by atoms with Crippen LogP contribution in [-0.2, 0) is 4.79 Å². The minimum atomic E-state index is -0.986. The number of nitrogens with zero attached hydrogens (tertiary/aromatic N) is 1. The van der Waals surface area contributed by atoms with Gasteiger partial charge in [-0.3, -0.25) is 0 Å². The average Bonchev–Trinajstić information content (AvgIpc) is 2.54. The second-order valence-corrected chi connectivity index (χ2v) is 5.28. The molecule has 0 atom stereocenters. The highest BCUT2D eigenvalue weighted by atomic mass is 16.4. The third kappa shape index (κ3) is 4.48. The van der Waals surface area contributed by atoms with Gasteiger partial charge in [0.15, 0.2) is 0 Å².